The minimum atomic E-state index is -0.740. The molecular weight excluding hydrogens is 443 g/mol. The Bertz CT molecular complexity index is 1280. The second-order valence-electron chi connectivity index (χ2n) is 9.91. The molecule has 0 atom stereocenters. The number of ether oxygens (including phenoxy) is 2. The van der Waals surface area contributed by atoms with Crippen LogP contribution in [0.1, 0.15) is 50.3 Å². The van der Waals surface area contributed by atoms with Crippen LogP contribution in [-0.4, -0.2) is 25.6 Å². The van der Waals surface area contributed by atoms with Gasteiger partial charge in [0.25, 0.3) is 5.91 Å². The summed E-state index contributed by atoms with van der Waals surface area (Å²) in [6.07, 6.45) is 0. The Morgan fingerprint density at radius 3 is 2.46 bits per heavy atom. The molecular formula is C29H33FN2O3. The van der Waals surface area contributed by atoms with Gasteiger partial charge in [0, 0.05) is 24.2 Å². The van der Waals surface area contributed by atoms with Crippen molar-refractivity contribution >= 4 is 17.3 Å². The maximum atomic E-state index is 13.9. The Morgan fingerprint density at radius 2 is 1.77 bits per heavy atom. The zero-order chi connectivity index (χ0) is 25.5. The highest BCUT2D eigenvalue weighted by Crippen LogP contribution is 2.45. The average Bonchev–Trinajstić information content (AvgIpc) is 2.82. The SMILES string of the molecule is COc1ccc(C(C)C)cc1-c1ccc2c(c1COc1cc(F)ccc1C)N(C)C(=O)C(C)(C)N2. The van der Waals surface area contributed by atoms with Crippen LogP contribution in [0.2, 0.25) is 0 Å². The Kier molecular flexibility index (Phi) is 6.50. The first-order valence-electron chi connectivity index (χ1n) is 11.8. The van der Waals surface area contributed by atoms with Gasteiger partial charge in [0.15, 0.2) is 0 Å². The van der Waals surface area contributed by atoms with Gasteiger partial charge < -0.3 is 19.7 Å². The topological polar surface area (TPSA) is 50.8 Å². The first-order valence-corrected chi connectivity index (χ1v) is 11.8. The largest absolute Gasteiger partial charge is 0.496 e. The second kappa shape index (κ2) is 9.25. The lowest BCUT2D eigenvalue weighted by molar-refractivity contribution is -0.121. The van der Waals surface area contributed by atoms with E-state index in [9.17, 15) is 9.18 Å². The van der Waals surface area contributed by atoms with E-state index in [2.05, 4.69) is 31.3 Å². The number of benzene rings is 3. The quantitative estimate of drug-likeness (QED) is 0.431. The molecule has 5 nitrogen and oxygen atoms in total. The van der Waals surface area contributed by atoms with Crippen LogP contribution in [0.15, 0.2) is 48.5 Å². The number of halogens is 1. The van der Waals surface area contributed by atoms with Crippen LogP contribution >= 0.6 is 0 Å². The van der Waals surface area contributed by atoms with Crippen LogP contribution in [-0.2, 0) is 11.4 Å². The molecule has 1 heterocycles. The third kappa shape index (κ3) is 4.57. The molecule has 0 fully saturated rings. The minimum Gasteiger partial charge on any atom is -0.496 e. The van der Waals surface area contributed by atoms with Gasteiger partial charge in [-0.1, -0.05) is 32.0 Å². The van der Waals surface area contributed by atoms with Crippen molar-refractivity contribution in [3.63, 3.8) is 0 Å². The molecule has 0 spiro atoms. The van der Waals surface area contributed by atoms with Gasteiger partial charge in [-0.2, -0.15) is 0 Å². The summed E-state index contributed by atoms with van der Waals surface area (Å²) in [5.74, 6) is 1.12. The molecule has 0 bridgehead atoms. The minimum absolute atomic E-state index is 0.0479. The third-order valence-corrected chi connectivity index (χ3v) is 6.61. The number of hydrogen-bond acceptors (Lipinski definition) is 4. The Morgan fingerprint density at radius 1 is 1.03 bits per heavy atom. The zero-order valence-electron chi connectivity index (χ0n) is 21.5. The van der Waals surface area contributed by atoms with Crippen molar-refractivity contribution in [3.05, 3.63) is 71.0 Å². The standard InChI is InChI=1S/C29H33FN2O3/c1-17(2)19-9-13-25(34-7)22(14-19)21-11-12-24-27(32(6)28(33)29(4,5)31-24)23(21)16-35-26-15-20(30)10-8-18(26)3/h8-15,17,31H,16H2,1-7H3. The monoisotopic (exact) mass is 476 g/mol. The van der Waals surface area contributed by atoms with Crippen molar-refractivity contribution in [1.29, 1.82) is 0 Å². The van der Waals surface area contributed by atoms with Gasteiger partial charge in [-0.15, -0.1) is 0 Å². The molecule has 4 rings (SSSR count). The molecule has 0 unspecified atom stereocenters. The van der Waals surface area contributed by atoms with Gasteiger partial charge in [0.2, 0.25) is 0 Å². The lowest BCUT2D eigenvalue weighted by Crippen LogP contribution is -2.52. The molecule has 1 aliphatic heterocycles. The van der Waals surface area contributed by atoms with E-state index in [4.69, 9.17) is 9.47 Å². The van der Waals surface area contributed by atoms with Gasteiger partial charge in [0.05, 0.1) is 18.5 Å². The number of methoxy groups -OCH3 is 1. The number of carbonyl (C=O) groups excluding carboxylic acids is 1. The molecule has 0 aliphatic carbocycles. The normalized spacial score (nSPS) is 14.5. The number of hydrogen-bond donors (Lipinski definition) is 1. The smallest absolute Gasteiger partial charge is 0.251 e. The third-order valence-electron chi connectivity index (χ3n) is 6.61. The van der Waals surface area contributed by atoms with Gasteiger partial charge in [0.1, 0.15) is 29.5 Å². The summed E-state index contributed by atoms with van der Waals surface area (Å²) in [7, 11) is 3.44. The summed E-state index contributed by atoms with van der Waals surface area (Å²) in [4.78, 5) is 14.9. The highest BCUT2D eigenvalue weighted by atomic mass is 19.1. The first-order chi connectivity index (χ1) is 16.5. The number of fused-ring (bicyclic) bond motifs is 1. The number of likely N-dealkylation sites (N-methyl/N-ethyl adjacent to an activating group) is 1. The summed E-state index contributed by atoms with van der Waals surface area (Å²) in [6.45, 7) is 10.1. The number of aryl methyl sites for hydroxylation is 1. The fraction of sp³-hybridized carbons (Fsp3) is 0.345. The van der Waals surface area contributed by atoms with E-state index in [0.29, 0.717) is 11.7 Å². The highest BCUT2D eigenvalue weighted by Gasteiger charge is 2.38. The van der Waals surface area contributed by atoms with Gasteiger partial charge in [-0.3, -0.25) is 4.79 Å². The van der Waals surface area contributed by atoms with Crippen LogP contribution in [0.5, 0.6) is 11.5 Å². The number of rotatable bonds is 6. The zero-order valence-corrected chi connectivity index (χ0v) is 21.5. The highest BCUT2D eigenvalue weighted by molar-refractivity contribution is 6.08. The molecule has 0 saturated heterocycles. The van der Waals surface area contributed by atoms with Crippen LogP contribution in [0.4, 0.5) is 15.8 Å². The summed E-state index contributed by atoms with van der Waals surface area (Å²) < 4.78 is 25.8. The van der Waals surface area contributed by atoms with Crippen molar-refractivity contribution in [2.45, 2.75) is 52.7 Å². The van der Waals surface area contributed by atoms with Gasteiger partial charge in [-0.25, -0.2) is 4.39 Å². The van der Waals surface area contributed by atoms with Crippen molar-refractivity contribution < 1.29 is 18.7 Å². The van der Waals surface area contributed by atoms with E-state index in [-0.39, 0.29) is 18.3 Å². The van der Waals surface area contributed by atoms with E-state index in [0.717, 1.165) is 39.4 Å². The Balaban J connectivity index is 1.92. The maximum Gasteiger partial charge on any atom is 0.251 e. The van der Waals surface area contributed by atoms with Crippen molar-refractivity contribution in [1.82, 2.24) is 0 Å². The second-order valence-corrected chi connectivity index (χ2v) is 9.91. The molecule has 0 saturated carbocycles. The lowest BCUT2D eigenvalue weighted by Gasteiger charge is -2.39. The summed E-state index contributed by atoms with van der Waals surface area (Å²) in [6, 6.07) is 14.7. The number of carbonyl (C=O) groups is 1. The number of amides is 1. The lowest BCUT2D eigenvalue weighted by atomic mass is 9.90. The van der Waals surface area contributed by atoms with Gasteiger partial charge in [-0.05, 0) is 67.6 Å². The molecule has 35 heavy (non-hydrogen) atoms. The fourth-order valence-corrected chi connectivity index (χ4v) is 4.60. The molecule has 3 aromatic carbocycles. The summed E-state index contributed by atoms with van der Waals surface area (Å²) in [5, 5.41) is 3.37. The molecule has 0 aromatic heterocycles. The summed E-state index contributed by atoms with van der Waals surface area (Å²) in [5.41, 5.74) is 5.50. The first kappa shape index (κ1) is 24.6. The van der Waals surface area contributed by atoms with E-state index < -0.39 is 5.54 Å². The predicted molar refractivity (Wildman–Crippen MR) is 139 cm³/mol. The van der Waals surface area contributed by atoms with Crippen LogP contribution < -0.4 is 19.7 Å². The molecule has 0 radical (unpaired) electrons. The molecule has 3 aromatic rings. The van der Waals surface area contributed by atoms with E-state index >= 15 is 0 Å². The van der Waals surface area contributed by atoms with Crippen molar-refractivity contribution in [2.24, 2.45) is 0 Å². The van der Waals surface area contributed by atoms with Crippen LogP contribution in [0.25, 0.3) is 11.1 Å². The van der Waals surface area contributed by atoms with Crippen molar-refractivity contribution in [2.75, 3.05) is 24.4 Å². The molecule has 1 aliphatic rings. The molecule has 1 N–H and O–H groups in total. The average molecular weight is 477 g/mol. The predicted octanol–water partition coefficient (Wildman–Crippen LogP) is 6.68. The van der Waals surface area contributed by atoms with E-state index in [1.165, 1.54) is 17.7 Å². The molecule has 1 amide bonds. The number of anilines is 2. The Hall–Kier alpha value is -3.54. The molecule has 6 heteroatoms. The van der Waals surface area contributed by atoms with E-state index in [1.807, 2.05) is 39.0 Å². The number of nitrogens with one attached hydrogen (secondary N) is 1. The fourth-order valence-electron chi connectivity index (χ4n) is 4.60. The van der Waals surface area contributed by atoms with Crippen LogP contribution in [0, 0.1) is 12.7 Å². The number of nitrogens with zero attached hydrogens (tertiary/aromatic N) is 1. The Labute approximate surface area is 206 Å². The van der Waals surface area contributed by atoms with Crippen molar-refractivity contribution in [3.8, 4) is 22.6 Å². The molecule has 184 valence electrons. The van der Waals surface area contributed by atoms with E-state index in [1.54, 1.807) is 25.1 Å². The van der Waals surface area contributed by atoms with Crippen LogP contribution in [0.3, 0.4) is 0 Å². The van der Waals surface area contributed by atoms with Gasteiger partial charge >= 0.3 is 0 Å². The maximum absolute atomic E-state index is 13.9. The summed E-state index contributed by atoms with van der Waals surface area (Å²) >= 11 is 0.